The highest BCUT2D eigenvalue weighted by Crippen LogP contribution is 2.47. The zero-order chi connectivity index (χ0) is 44.3. The maximum atomic E-state index is 13.0. The van der Waals surface area contributed by atoms with Gasteiger partial charge in [0, 0.05) is 43.2 Å². The van der Waals surface area contributed by atoms with E-state index in [4.69, 9.17) is 9.47 Å². The van der Waals surface area contributed by atoms with Crippen LogP contribution < -0.4 is 21.1 Å². The number of carbonyl (C=O) groups excluding carboxylic acids is 6. The summed E-state index contributed by atoms with van der Waals surface area (Å²) in [5.74, 6) is -7.08. The topological polar surface area (TPSA) is 224 Å². The Bertz CT molecular complexity index is 1490. The number of rotatable bonds is 22. The van der Waals surface area contributed by atoms with Gasteiger partial charge in [-0.25, -0.2) is 9.59 Å². The van der Waals surface area contributed by atoms with Crippen molar-refractivity contribution < 1.29 is 53.6 Å². The van der Waals surface area contributed by atoms with Crippen LogP contribution in [-0.4, -0.2) is 114 Å². The van der Waals surface area contributed by atoms with E-state index in [0.29, 0.717) is 19.4 Å². The van der Waals surface area contributed by atoms with Crippen LogP contribution >= 0.6 is 0 Å². The van der Waals surface area contributed by atoms with Crippen LogP contribution in [0.15, 0.2) is 50.6 Å². The molecule has 59 heavy (non-hydrogen) atoms. The van der Waals surface area contributed by atoms with Crippen molar-refractivity contribution in [3.8, 4) is 0 Å². The van der Waals surface area contributed by atoms with Crippen molar-refractivity contribution in [1.29, 1.82) is 0 Å². The minimum atomic E-state index is -1.36. The second-order valence-corrected chi connectivity index (χ2v) is 15.9. The first-order valence-electron chi connectivity index (χ1n) is 21.0. The van der Waals surface area contributed by atoms with Crippen LogP contribution in [0.4, 0.5) is 0 Å². The van der Waals surface area contributed by atoms with E-state index in [0.717, 1.165) is 32.2 Å². The van der Waals surface area contributed by atoms with Gasteiger partial charge in [0.15, 0.2) is 0 Å². The number of hydrogen-bond acceptors (Lipinski definition) is 12. The molecule has 0 heterocycles. The Balaban J connectivity index is 0.000000352. The lowest BCUT2D eigenvalue weighted by atomic mass is 9.93. The number of carbonyl (C=O) groups is 6. The second-order valence-electron chi connectivity index (χ2n) is 15.9. The molecular formula is C44H69N4O11-. The van der Waals surface area contributed by atoms with Crippen LogP contribution in [0.5, 0.6) is 0 Å². The first kappa shape index (κ1) is 50.8. The number of hydrogen-bond donors (Lipinski definition) is 5. The summed E-state index contributed by atoms with van der Waals surface area (Å²) in [5.41, 5.74) is -2.24. The van der Waals surface area contributed by atoms with Crippen LogP contribution in [0.1, 0.15) is 90.9 Å². The number of nitrogens with zero attached hydrogens (tertiary/aromatic N) is 1. The van der Waals surface area contributed by atoms with E-state index >= 15 is 0 Å². The predicted molar refractivity (Wildman–Crippen MR) is 221 cm³/mol. The summed E-state index contributed by atoms with van der Waals surface area (Å²) in [4.78, 5) is 75.5. The van der Waals surface area contributed by atoms with Gasteiger partial charge in [-0.05, 0) is 104 Å². The van der Waals surface area contributed by atoms with Gasteiger partial charge in [-0.3, -0.25) is 14.4 Å². The molecule has 15 nitrogen and oxygen atoms in total. The smallest absolute Gasteiger partial charge is 0.332 e. The number of nitrogens with one attached hydrogen (secondary N) is 3. The van der Waals surface area contributed by atoms with Crippen LogP contribution in [0.2, 0.25) is 0 Å². The SMILES string of the molecule is C=CCCCCN(C)C(=O)[C@@H]1C[C@H](O)C[C@H]1C(=O)N[C@]1(C(=O)OCC)C[C@H]1C=C.C=CCCCCNC.C=C[C@@H]1C[C@]1(NC(=O)[C@@H]1C[C@@H](O)C[C@H]1C(=O)[O-])C(=O)OCC. The lowest BCUT2D eigenvalue weighted by molar-refractivity contribution is -0.312. The summed E-state index contributed by atoms with van der Waals surface area (Å²) >= 11 is 0. The average Bonchev–Trinajstić information content (AvgIpc) is 4.01. The number of allylic oxidation sites excluding steroid dienone is 2. The fourth-order valence-corrected chi connectivity index (χ4v) is 7.91. The lowest BCUT2D eigenvalue weighted by Crippen LogP contribution is -2.50. The second kappa shape index (κ2) is 24.7. The van der Waals surface area contributed by atoms with Gasteiger partial charge in [-0.2, -0.15) is 0 Å². The maximum Gasteiger partial charge on any atom is 0.332 e. The van der Waals surface area contributed by atoms with Gasteiger partial charge in [-0.15, -0.1) is 26.3 Å². The van der Waals surface area contributed by atoms with Crippen molar-refractivity contribution >= 4 is 35.6 Å². The Labute approximate surface area is 350 Å². The average molecular weight is 830 g/mol. The van der Waals surface area contributed by atoms with Crippen molar-refractivity contribution in [2.45, 2.75) is 114 Å². The van der Waals surface area contributed by atoms with Crippen molar-refractivity contribution in [1.82, 2.24) is 20.9 Å². The molecule has 0 unspecified atom stereocenters. The monoisotopic (exact) mass is 829 g/mol. The summed E-state index contributed by atoms with van der Waals surface area (Å²) in [6.07, 6.45) is 13.2. The molecule has 3 amide bonds. The number of aliphatic hydroxyl groups is 2. The molecule has 0 bridgehead atoms. The largest absolute Gasteiger partial charge is 0.550 e. The first-order chi connectivity index (χ1) is 28.1. The van der Waals surface area contributed by atoms with E-state index in [1.54, 1.807) is 37.9 Å². The molecular weight excluding hydrogens is 761 g/mol. The molecule has 0 saturated heterocycles. The summed E-state index contributed by atoms with van der Waals surface area (Å²) in [5, 5.41) is 39.3. The minimum Gasteiger partial charge on any atom is -0.550 e. The molecule has 0 radical (unpaired) electrons. The highest BCUT2D eigenvalue weighted by molar-refractivity contribution is 5.95. The van der Waals surface area contributed by atoms with Gasteiger partial charge in [0.25, 0.3) is 0 Å². The van der Waals surface area contributed by atoms with Gasteiger partial charge < -0.3 is 50.4 Å². The zero-order valence-corrected chi connectivity index (χ0v) is 35.6. The molecule has 15 heteroatoms. The number of carboxylic acid groups (broad SMARTS) is 1. The predicted octanol–water partition coefficient (Wildman–Crippen LogP) is 2.12. The Hall–Kier alpha value is -4.34. The number of amides is 3. The van der Waals surface area contributed by atoms with Crippen molar-refractivity contribution in [3.05, 3.63) is 50.6 Å². The summed E-state index contributed by atoms with van der Waals surface area (Å²) in [6.45, 7) is 20.2. The number of ether oxygens (including phenoxy) is 2. The summed E-state index contributed by atoms with van der Waals surface area (Å²) in [6, 6.07) is 0. The van der Waals surface area contributed by atoms with E-state index < -0.39 is 70.8 Å². The molecule has 0 aromatic carbocycles. The van der Waals surface area contributed by atoms with Gasteiger partial charge in [0.05, 0.1) is 37.3 Å². The number of aliphatic carboxylic acids is 1. The molecule has 4 rings (SSSR count). The number of aliphatic hydroxyl groups excluding tert-OH is 2. The standard InChI is InChI=1S/C22H34N2O5.C15H21NO6.C7H15N/c1-5-8-9-10-11-24(4)20(27)18-13-16(25)12-17(18)19(26)23-22(14-15(22)6-2)21(28)29-7-3;1-3-8-7-15(8,14(21)22-4-2)16-12(18)10-5-9(17)6-11(10)13(19)20;1-3-4-5-6-7-8-2/h5-6,15-18,25H,1-2,7-14H2,3-4H3,(H,23,26);3,8-11,17H,1,4-7H2,2H3,(H,16,18)(H,19,20);3,8H,1,4-7H2,2H3/p-1/t15-,16-,17-,18-,22-;8-,9-,10-,11-,15-;/m11./s1. The fraction of sp³-hybridized carbons (Fsp3) is 0.682. The van der Waals surface area contributed by atoms with Gasteiger partial charge in [0.2, 0.25) is 17.7 Å². The third-order valence-electron chi connectivity index (χ3n) is 11.6. The Kier molecular flexibility index (Phi) is 21.2. The molecule has 0 aliphatic heterocycles. The third-order valence-corrected chi connectivity index (χ3v) is 11.6. The first-order valence-corrected chi connectivity index (χ1v) is 21.0. The normalized spacial score (nSPS) is 29.7. The highest BCUT2D eigenvalue weighted by Gasteiger charge is 2.63. The Morgan fingerprint density at radius 3 is 1.53 bits per heavy atom. The quantitative estimate of drug-likeness (QED) is 0.0602. The Morgan fingerprint density at radius 2 is 1.14 bits per heavy atom. The van der Waals surface area contributed by atoms with Crippen molar-refractivity contribution in [3.63, 3.8) is 0 Å². The molecule has 5 N–H and O–H groups in total. The molecule has 4 fully saturated rings. The van der Waals surface area contributed by atoms with E-state index in [9.17, 15) is 44.1 Å². The summed E-state index contributed by atoms with van der Waals surface area (Å²) < 4.78 is 10.1. The van der Waals surface area contributed by atoms with Crippen molar-refractivity contribution in [2.24, 2.45) is 35.5 Å². The zero-order valence-electron chi connectivity index (χ0n) is 35.6. The molecule has 332 valence electrons. The number of unbranched alkanes of at least 4 members (excludes halogenated alkanes) is 4. The molecule has 0 aromatic rings. The number of carboxylic acids is 1. The molecule has 4 saturated carbocycles. The van der Waals surface area contributed by atoms with Crippen LogP contribution in [0, 0.1) is 35.5 Å². The molecule has 4 aliphatic rings. The van der Waals surface area contributed by atoms with E-state index in [2.05, 4.69) is 42.3 Å². The third kappa shape index (κ3) is 14.1. The highest BCUT2D eigenvalue weighted by atomic mass is 16.5. The molecule has 0 aromatic heterocycles. The van der Waals surface area contributed by atoms with E-state index in [1.807, 2.05) is 19.2 Å². The van der Waals surface area contributed by atoms with Gasteiger partial charge in [-0.1, -0.05) is 24.3 Å². The molecule has 0 spiro atoms. The fourth-order valence-electron chi connectivity index (χ4n) is 7.91. The maximum absolute atomic E-state index is 13.0. The Morgan fingerprint density at radius 1 is 0.712 bits per heavy atom. The minimum absolute atomic E-state index is 0.0162. The molecule has 10 atom stereocenters. The van der Waals surface area contributed by atoms with Crippen LogP contribution in [0.25, 0.3) is 0 Å². The summed E-state index contributed by atoms with van der Waals surface area (Å²) in [7, 11) is 3.71. The molecule has 4 aliphatic carbocycles. The van der Waals surface area contributed by atoms with Crippen LogP contribution in [-0.2, 0) is 38.2 Å². The lowest BCUT2D eigenvalue weighted by Gasteiger charge is -2.26. The van der Waals surface area contributed by atoms with Gasteiger partial charge >= 0.3 is 11.9 Å². The van der Waals surface area contributed by atoms with E-state index in [1.165, 1.54) is 12.8 Å². The number of esters is 2. The van der Waals surface area contributed by atoms with Gasteiger partial charge in [0.1, 0.15) is 11.1 Å². The van der Waals surface area contributed by atoms with Crippen LogP contribution in [0.3, 0.4) is 0 Å². The van der Waals surface area contributed by atoms with E-state index in [-0.39, 0.29) is 62.5 Å². The van der Waals surface area contributed by atoms with Crippen molar-refractivity contribution in [2.75, 3.05) is 40.4 Å².